The molecule has 1 aromatic carbocycles. The lowest BCUT2D eigenvalue weighted by Gasteiger charge is -2.39. The maximum atomic E-state index is 12.9. The highest BCUT2D eigenvalue weighted by molar-refractivity contribution is 14.0. The van der Waals surface area contributed by atoms with Crippen molar-refractivity contribution >= 4 is 29.9 Å². The van der Waals surface area contributed by atoms with E-state index in [0.29, 0.717) is 50.0 Å². The number of hydrogen-bond donors (Lipinski definition) is 2. The summed E-state index contributed by atoms with van der Waals surface area (Å²) in [5.74, 6) is 1.26. The monoisotopic (exact) mass is 530 g/mol. The highest BCUT2D eigenvalue weighted by Crippen LogP contribution is 2.25. The third kappa shape index (κ3) is 7.49. The van der Waals surface area contributed by atoms with E-state index >= 15 is 0 Å². The van der Waals surface area contributed by atoms with Crippen LogP contribution in [0.1, 0.15) is 25.5 Å². The highest BCUT2D eigenvalue weighted by Gasteiger charge is 2.41. The second-order valence-corrected chi connectivity index (χ2v) is 6.73. The normalized spacial score (nSPS) is 18.0. The second kappa shape index (κ2) is 11.8. The molecule has 0 bridgehead atoms. The number of halogens is 4. The van der Waals surface area contributed by atoms with Crippen LogP contribution in [0, 0.1) is 0 Å². The molecule has 0 aliphatic carbocycles. The molecule has 2 atom stereocenters. The summed E-state index contributed by atoms with van der Waals surface area (Å²) in [7, 11) is 1.56. The Morgan fingerprint density at radius 3 is 2.48 bits per heavy atom. The molecule has 0 saturated carbocycles. The van der Waals surface area contributed by atoms with Gasteiger partial charge in [0.15, 0.2) is 5.96 Å². The van der Waals surface area contributed by atoms with Crippen LogP contribution in [0.4, 0.5) is 13.2 Å². The predicted octanol–water partition coefficient (Wildman–Crippen LogP) is 2.88. The number of piperazine rings is 1. The molecule has 2 rings (SSSR count). The van der Waals surface area contributed by atoms with Gasteiger partial charge in [-0.2, -0.15) is 13.2 Å². The largest absolute Gasteiger partial charge is 0.497 e. The maximum absolute atomic E-state index is 12.9. The summed E-state index contributed by atoms with van der Waals surface area (Å²) in [6, 6.07) is 5.69. The van der Waals surface area contributed by atoms with E-state index in [2.05, 4.69) is 10.3 Å². The van der Waals surface area contributed by atoms with Crippen LogP contribution >= 0.6 is 24.0 Å². The minimum atomic E-state index is -4.22. The molecule has 2 unspecified atom stereocenters. The smallest absolute Gasteiger partial charge is 0.403 e. The first-order valence-corrected chi connectivity index (χ1v) is 9.42. The number of aliphatic hydroxyl groups excluding tert-OH is 1. The molecular formula is C19H30F3IN4O2. The van der Waals surface area contributed by atoms with E-state index in [-0.39, 0.29) is 30.5 Å². The van der Waals surface area contributed by atoms with Gasteiger partial charge >= 0.3 is 6.18 Å². The number of rotatable bonds is 6. The van der Waals surface area contributed by atoms with Gasteiger partial charge in [-0.05, 0) is 31.5 Å². The Hall–Kier alpha value is -1.27. The van der Waals surface area contributed by atoms with Gasteiger partial charge in [0.2, 0.25) is 0 Å². The van der Waals surface area contributed by atoms with Crippen molar-refractivity contribution < 1.29 is 23.0 Å². The Morgan fingerprint density at radius 2 is 1.93 bits per heavy atom. The van der Waals surface area contributed by atoms with Crippen LogP contribution < -0.4 is 10.1 Å². The van der Waals surface area contributed by atoms with Gasteiger partial charge in [0.1, 0.15) is 11.8 Å². The number of nitrogens with zero attached hydrogens (tertiary/aromatic N) is 3. The topological polar surface area (TPSA) is 60.3 Å². The van der Waals surface area contributed by atoms with Crippen LogP contribution in [0.2, 0.25) is 0 Å². The fourth-order valence-electron chi connectivity index (χ4n) is 3.08. The van der Waals surface area contributed by atoms with Crippen LogP contribution in [-0.2, 0) is 0 Å². The van der Waals surface area contributed by atoms with E-state index in [4.69, 9.17) is 4.74 Å². The summed E-state index contributed by atoms with van der Waals surface area (Å²) in [5.41, 5.74) is 0.697. The first-order valence-electron chi connectivity index (χ1n) is 9.42. The van der Waals surface area contributed by atoms with E-state index in [9.17, 15) is 18.3 Å². The van der Waals surface area contributed by atoms with Crippen molar-refractivity contribution in [2.24, 2.45) is 4.99 Å². The lowest BCUT2D eigenvalue weighted by molar-refractivity contribution is -0.181. The molecule has 1 heterocycles. The Kier molecular flexibility index (Phi) is 10.5. The van der Waals surface area contributed by atoms with Crippen molar-refractivity contribution in [3.05, 3.63) is 29.8 Å². The van der Waals surface area contributed by atoms with Crippen molar-refractivity contribution in [1.82, 2.24) is 15.1 Å². The van der Waals surface area contributed by atoms with Gasteiger partial charge in [0.25, 0.3) is 0 Å². The average molecular weight is 530 g/mol. The van der Waals surface area contributed by atoms with Crippen molar-refractivity contribution in [2.75, 3.05) is 46.4 Å². The van der Waals surface area contributed by atoms with E-state index in [0.717, 1.165) is 0 Å². The molecule has 166 valence electrons. The maximum Gasteiger partial charge on any atom is 0.403 e. The summed E-state index contributed by atoms with van der Waals surface area (Å²) in [6.45, 7) is 5.41. The van der Waals surface area contributed by atoms with Crippen LogP contribution in [0.5, 0.6) is 5.75 Å². The first-order chi connectivity index (χ1) is 13.3. The molecule has 1 aromatic rings. The van der Waals surface area contributed by atoms with Crippen LogP contribution in [0.25, 0.3) is 0 Å². The molecule has 29 heavy (non-hydrogen) atoms. The minimum absolute atomic E-state index is 0. The standard InChI is InChI=1S/C19H29F3N4O2.HI/c1-4-23-18(24-13-17(27)15-6-5-7-16(12-15)28-3)26-10-8-25(9-11-26)14(2)19(20,21)22;/h5-7,12,14,17,27H,4,8-11,13H2,1-3H3,(H,23,24);1H. The summed E-state index contributed by atoms with van der Waals surface area (Å²) < 4.78 is 43.9. The second-order valence-electron chi connectivity index (χ2n) is 6.73. The van der Waals surface area contributed by atoms with E-state index in [1.54, 1.807) is 31.4 Å². The van der Waals surface area contributed by atoms with Crippen molar-refractivity contribution in [3.63, 3.8) is 0 Å². The van der Waals surface area contributed by atoms with Crippen molar-refractivity contribution in [2.45, 2.75) is 32.2 Å². The number of alkyl halides is 3. The minimum Gasteiger partial charge on any atom is -0.497 e. The van der Waals surface area contributed by atoms with Gasteiger partial charge in [-0.15, -0.1) is 24.0 Å². The first kappa shape index (κ1) is 25.8. The summed E-state index contributed by atoms with van der Waals surface area (Å²) in [6.07, 6.45) is -5.02. The zero-order valence-electron chi connectivity index (χ0n) is 16.9. The van der Waals surface area contributed by atoms with Gasteiger partial charge in [0, 0.05) is 32.7 Å². The van der Waals surface area contributed by atoms with Crippen molar-refractivity contribution in [1.29, 1.82) is 0 Å². The quantitative estimate of drug-likeness (QED) is 0.337. The van der Waals surface area contributed by atoms with E-state index in [1.165, 1.54) is 11.8 Å². The molecule has 10 heteroatoms. The predicted molar refractivity (Wildman–Crippen MR) is 118 cm³/mol. The number of methoxy groups -OCH3 is 1. The Morgan fingerprint density at radius 1 is 1.28 bits per heavy atom. The third-order valence-corrected chi connectivity index (χ3v) is 4.86. The summed E-state index contributed by atoms with van der Waals surface area (Å²) in [5, 5.41) is 13.6. The molecule has 0 amide bonds. The number of guanidine groups is 1. The summed E-state index contributed by atoms with van der Waals surface area (Å²) in [4.78, 5) is 7.86. The SMILES string of the molecule is CCNC(=NCC(O)c1cccc(OC)c1)N1CCN(C(C)C(F)(F)F)CC1.I. The van der Waals surface area contributed by atoms with Crippen LogP contribution in [-0.4, -0.2) is 79.5 Å². The van der Waals surface area contributed by atoms with Crippen LogP contribution in [0.3, 0.4) is 0 Å². The van der Waals surface area contributed by atoms with Crippen molar-refractivity contribution in [3.8, 4) is 5.75 Å². The van der Waals surface area contributed by atoms with Gasteiger partial charge in [0.05, 0.1) is 19.8 Å². The molecule has 1 fully saturated rings. The molecule has 1 saturated heterocycles. The molecule has 0 spiro atoms. The molecule has 0 radical (unpaired) electrons. The fraction of sp³-hybridized carbons (Fsp3) is 0.632. The summed E-state index contributed by atoms with van der Waals surface area (Å²) >= 11 is 0. The highest BCUT2D eigenvalue weighted by atomic mass is 127. The average Bonchev–Trinajstić information content (AvgIpc) is 2.69. The van der Waals surface area contributed by atoms with E-state index in [1.807, 2.05) is 11.8 Å². The number of hydrogen-bond acceptors (Lipinski definition) is 4. The number of ether oxygens (including phenoxy) is 1. The molecule has 1 aliphatic rings. The Bertz CT molecular complexity index is 653. The lowest BCUT2D eigenvalue weighted by Crippen LogP contribution is -2.56. The molecule has 6 nitrogen and oxygen atoms in total. The molecular weight excluding hydrogens is 500 g/mol. The van der Waals surface area contributed by atoms with E-state index < -0.39 is 18.3 Å². The van der Waals surface area contributed by atoms with Gasteiger partial charge < -0.3 is 20.1 Å². The Labute approximate surface area is 187 Å². The van der Waals surface area contributed by atoms with Gasteiger partial charge in [-0.1, -0.05) is 12.1 Å². The molecule has 1 aliphatic heterocycles. The molecule has 2 N–H and O–H groups in total. The zero-order valence-corrected chi connectivity index (χ0v) is 19.3. The zero-order chi connectivity index (χ0) is 20.7. The lowest BCUT2D eigenvalue weighted by atomic mass is 10.1. The number of aliphatic imine (C=N–C) groups is 1. The number of benzene rings is 1. The third-order valence-electron chi connectivity index (χ3n) is 4.86. The molecule has 0 aromatic heterocycles. The van der Waals surface area contributed by atoms with Gasteiger partial charge in [-0.3, -0.25) is 9.89 Å². The fourth-order valence-corrected chi connectivity index (χ4v) is 3.08. The Balaban J connectivity index is 0.00000420. The van der Waals surface area contributed by atoms with Gasteiger partial charge in [-0.25, -0.2) is 0 Å². The van der Waals surface area contributed by atoms with Crippen LogP contribution in [0.15, 0.2) is 29.3 Å². The number of nitrogens with one attached hydrogen (secondary N) is 1. The number of aliphatic hydroxyl groups is 1.